The molecule has 8 heteroatoms. The van der Waals surface area contributed by atoms with Crippen LogP contribution in [0.25, 0.3) is 0 Å². The molecular weight excluding hydrogens is 280 g/mol. The minimum atomic E-state index is -3.17. The molecule has 1 amide bonds. The number of aryl methyl sites for hydroxylation is 1. The smallest absolute Gasteiger partial charge is 0.257 e. The van der Waals surface area contributed by atoms with Crippen molar-refractivity contribution in [1.82, 2.24) is 19.4 Å². The Morgan fingerprint density at radius 2 is 2.30 bits per heavy atom. The van der Waals surface area contributed by atoms with E-state index in [4.69, 9.17) is 0 Å². The van der Waals surface area contributed by atoms with Crippen LogP contribution in [0.2, 0.25) is 0 Å². The van der Waals surface area contributed by atoms with Crippen LogP contribution in [0.3, 0.4) is 0 Å². The summed E-state index contributed by atoms with van der Waals surface area (Å²) in [6.07, 6.45) is 6.91. The van der Waals surface area contributed by atoms with Gasteiger partial charge in [0.05, 0.1) is 18.0 Å². The fourth-order valence-electron chi connectivity index (χ4n) is 2.51. The van der Waals surface area contributed by atoms with Crippen molar-refractivity contribution < 1.29 is 13.2 Å². The minimum absolute atomic E-state index is 0.0278. The third-order valence-corrected chi connectivity index (χ3v) is 4.16. The van der Waals surface area contributed by atoms with Gasteiger partial charge in [-0.1, -0.05) is 0 Å². The molecule has 0 radical (unpaired) electrons. The average molecular weight is 300 g/mol. The summed E-state index contributed by atoms with van der Waals surface area (Å²) in [5.74, 6) is -0.0278. The van der Waals surface area contributed by atoms with Gasteiger partial charge in [0.2, 0.25) is 10.0 Å². The van der Waals surface area contributed by atoms with Crippen LogP contribution >= 0.6 is 0 Å². The molecule has 1 unspecified atom stereocenters. The first-order chi connectivity index (χ1) is 9.37. The van der Waals surface area contributed by atoms with E-state index in [0.717, 1.165) is 25.6 Å². The van der Waals surface area contributed by atoms with Gasteiger partial charge in [0.1, 0.15) is 0 Å². The average Bonchev–Trinajstić information content (AvgIpc) is 2.95. The van der Waals surface area contributed by atoms with E-state index in [1.54, 1.807) is 24.1 Å². The number of likely N-dealkylation sites (tertiary alicyclic amines) is 1. The molecule has 7 nitrogen and oxygen atoms in total. The molecule has 0 aliphatic carbocycles. The molecule has 1 aromatic heterocycles. The van der Waals surface area contributed by atoms with E-state index >= 15 is 0 Å². The summed E-state index contributed by atoms with van der Waals surface area (Å²) in [6, 6.07) is 0.0944. The molecule has 2 rings (SSSR count). The quantitative estimate of drug-likeness (QED) is 0.827. The molecule has 1 aromatic rings. The highest BCUT2D eigenvalue weighted by atomic mass is 32.2. The van der Waals surface area contributed by atoms with Crippen molar-refractivity contribution in [3.63, 3.8) is 0 Å². The number of hydrogen-bond acceptors (Lipinski definition) is 4. The lowest BCUT2D eigenvalue weighted by atomic mass is 10.1. The summed E-state index contributed by atoms with van der Waals surface area (Å²) in [7, 11) is -1.40. The van der Waals surface area contributed by atoms with Gasteiger partial charge < -0.3 is 4.90 Å². The second-order valence-corrected chi connectivity index (χ2v) is 6.99. The normalized spacial score (nSPS) is 19.5. The molecule has 112 valence electrons. The predicted molar refractivity (Wildman–Crippen MR) is 74.7 cm³/mol. The largest absolute Gasteiger partial charge is 0.336 e. The van der Waals surface area contributed by atoms with E-state index in [1.807, 2.05) is 4.90 Å². The molecule has 0 spiro atoms. The number of nitrogens with one attached hydrogen (secondary N) is 1. The van der Waals surface area contributed by atoms with Crippen molar-refractivity contribution in [2.45, 2.75) is 25.3 Å². The Bertz CT molecular complexity index is 581. The molecule has 1 aliphatic heterocycles. The summed E-state index contributed by atoms with van der Waals surface area (Å²) in [5, 5.41) is 4.01. The molecule has 1 aliphatic rings. The Labute approximate surface area is 119 Å². The lowest BCUT2D eigenvalue weighted by Gasteiger charge is -2.24. The van der Waals surface area contributed by atoms with Crippen molar-refractivity contribution in [3.8, 4) is 0 Å². The highest BCUT2D eigenvalue weighted by Crippen LogP contribution is 2.22. The molecule has 1 N–H and O–H groups in total. The van der Waals surface area contributed by atoms with Gasteiger partial charge >= 0.3 is 0 Å². The number of rotatable bonds is 5. The maximum atomic E-state index is 12.4. The molecule has 0 aromatic carbocycles. The van der Waals surface area contributed by atoms with Crippen LogP contribution in [-0.4, -0.2) is 54.4 Å². The second-order valence-electron chi connectivity index (χ2n) is 5.15. The monoisotopic (exact) mass is 300 g/mol. The molecule has 20 heavy (non-hydrogen) atoms. The first-order valence-corrected chi connectivity index (χ1v) is 8.50. The van der Waals surface area contributed by atoms with Crippen LogP contribution in [0.4, 0.5) is 0 Å². The molecule has 0 bridgehead atoms. The minimum Gasteiger partial charge on any atom is -0.336 e. The van der Waals surface area contributed by atoms with Crippen molar-refractivity contribution >= 4 is 15.9 Å². The van der Waals surface area contributed by atoms with Crippen LogP contribution in [-0.2, 0) is 17.1 Å². The maximum Gasteiger partial charge on any atom is 0.257 e. The van der Waals surface area contributed by atoms with Crippen molar-refractivity contribution in [1.29, 1.82) is 0 Å². The standard InChI is InChI=1S/C12H20N4O3S/c1-15-9-10(8-13-15)12(17)16-7-3-4-11(16)5-6-14-20(2,18)19/h8-9,11,14H,3-7H2,1-2H3. The van der Waals surface area contributed by atoms with Gasteiger partial charge in [0, 0.05) is 32.4 Å². The van der Waals surface area contributed by atoms with Crippen LogP contribution in [0.15, 0.2) is 12.4 Å². The highest BCUT2D eigenvalue weighted by Gasteiger charge is 2.29. The number of nitrogens with zero attached hydrogens (tertiary/aromatic N) is 3. The van der Waals surface area contributed by atoms with Crippen LogP contribution < -0.4 is 4.72 Å². The summed E-state index contributed by atoms with van der Waals surface area (Å²) in [5.41, 5.74) is 0.579. The van der Waals surface area contributed by atoms with Gasteiger partial charge in [-0.05, 0) is 19.3 Å². The van der Waals surface area contributed by atoms with E-state index < -0.39 is 10.0 Å². The van der Waals surface area contributed by atoms with Gasteiger partial charge in [-0.3, -0.25) is 9.48 Å². The summed E-state index contributed by atoms with van der Waals surface area (Å²) in [6.45, 7) is 1.08. The molecule has 1 saturated heterocycles. The first-order valence-electron chi connectivity index (χ1n) is 6.61. The zero-order valence-corrected chi connectivity index (χ0v) is 12.6. The van der Waals surface area contributed by atoms with E-state index in [-0.39, 0.29) is 11.9 Å². The molecule has 2 heterocycles. The number of amides is 1. The number of sulfonamides is 1. The molecule has 1 fully saturated rings. The first kappa shape index (κ1) is 15.0. The van der Waals surface area contributed by atoms with E-state index in [9.17, 15) is 13.2 Å². The van der Waals surface area contributed by atoms with E-state index in [1.165, 1.54) is 0 Å². The van der Waals surface area contributed by atoms with Crippen LogP contribution in [0.1, 0.15) is 29.6 Å². The van der Waals surface area contributed by atoms with Gasteiger partial charge in [-0.25, -0.2) is 13.1 Å². The number of hydrogen-bond donors (Lipinski definition) is 1. The Morgan fingerprint density at radius 3 is 2.90 bits per heavy atom. The highest BCUT2D eigenvalue weighted by molar-refractivity contribution is 7.88. The van der Waals surface area contributed by atoms with Gasteiger partial charge in [0.15, 0.2) is 0 Å². The fourth-order valence-corrected chi connectivity index (χ4v) is 3.00. The molecular formula is C12H20N4O3S. The van der Waals surface area contributed by atoms with Gasteiger partial charge in [-0.2, -0.15) is 5.10 Å². The number of aromatic nitrogens is 2. The van der Waals surface area contributed by atoms with Crippen LogP contribution in [0, 0.1) is 0 Å². The van der Waals surface area contributed by atoms with Gasteiger partial charge in [-0.15, -0.1) is 0 Å². The zero-order valence-electron chi connectivity index (χ0n) is 11.7. The fraction of sp³-hybridized carbons (Fsp3) is 0.667. The summed E-state index contributed by atoms with van der Waals surface area (Å²) in [4.78, 5) is 14.2. The molecule has 0 saturated carbocycles. The number of carbonyl (C=O) groups is 1. The zero-order chi connectivity index (χ0) is 14.8. The third kappa shape index (κ3) is 3.80. The second kappa shape index (κ2) is 5.92. The predicted octanol–water partition coefficient (Wildman–Crippen LogP) is -0.0360. The Balaban J connectivity index is 1.95. The summed E-state index contributed by atoms with van der Waals surface area (Å²) >= 11 is 0. The Kier molecular flexibility index (Phi) is 4.44. The Hall–Kier alpha value is -1.41. The molecule has 1 atom stereocenters. The van der Waals surface area contributed by atoms with Crippen LogP contribution in [0.5, 0.6) is 0 Å². The number of carbonyl (C=O) groups excluding carboxylic acids is 1. The van der Waals surface area contributed by atoms with Crippen molar-refractivity contribution in [3.05, 3.63) is 18.0 Å². The third-order valence-electron chi connectivity index (χ3n) is 3.43. The van der Waals surface area contributed by atoms with E-state index in [0.29, 0.717) is 18.5 Å². The maximum absolute atomic E-state index is 12.4. The van der Waals surface area contributed by atoms with Gasteiger partial charge in [0.25, 0.3) is 5.91 Å². The van der Waals surface area contributed by atoms with Crippen molar-refractivity contribution in [2.75, 3.05) is 19.3 Å². The van der Waals surface area contributed by atoms with Crippen molar-refractivity contribution in [2.24, 2.45) is 7.05 Å². The lowest BCUT2D eigenvalue weighted by Crippen LogP contribution is -2.37. The SMILES string of the molecule is Cn1cc(C(=O)N2CCCC2CCNS(C)(=O)=O)cn1. The summed E-state index contributed by atoms with van der Waals surface area (Å²) < 4.78 is 26.2. The Morgan fingerprint density at radius 1 is 1.55 bits per heavy atom. The topological polar surface area (TPSA) is 84.3 Å². The lowest BCUT2D eigenvalue weighted by molar-refractivity contribution is 0.0731. The van der Waals surface area contributed by atoms with E-state index in [2.05, 4.69) is 9.82 Å².